The molecule has 4 nitrogen and oxygen atoms in total. The number of hydrogen-bond donors (Lipinski definition) is 1. The predicted octanol–water partition coefficient (Wildman–Crippen LogP) is 1.46. The van der Waals surface area contributed by atoms with Gasteiger partial charge in [0.25, 0.3) is 0 Å². The lowest BCUT2D eigenvalue weighted by Crippen LogP contribution is -2.49. The summed E-state index contributed by atoms with van der Waals surface area (Å²) in [6.07, 6.45) is 9.28. The van der Waals surface area contributed by atoms with Crippen molar-refractivity contribution in [1.82, 2.24) is 15.1 Å². The Morgan fingerprint density at radius 2 is 1.75 bits per heavy atom. The summed E-state index contributed by atoms with van der Waals surface area (Å²) < 4.78 is 0. The van der Waals surface area contributed by atoms with Crippen molar-refractivity contribution in [2.45, 2.75) is 51.0 Å². The number of amides is 1. The first-order chi connectivity index (χ1) is 9.83. The van der Waals surface area contributed by atoms with Crippen LogP contribution in [0.15, 0.2) is 0 Å². The van der Waals surface area contributed by atoms with Crippen molar-refractivity contribution in [3.63, 3.8) is 0 Å². The maximum atomic E-state index is 12.6. The maximum Gasteiger partial charge on any atom is 0.237 e. The van der Waals surface area contributed by atoms with Crippen molar-refractivity contribution in [1.29, 1.82) is 0 Å². The van der Waals surface area contributed by atoms with Gasteiger partial charge in [0, 0.05) is 38.8 Å². The molecule has 1 heterocycles. The van der Waals surface area contributed by atoms with Crippen LogP contribution in [0.1, 0.15) is 44.9 Å². The van der Waals surface area contributed by atoms with Crippen LogP contribution in [0.3, 0.4) is 0 Å². The highest BCUT2D eigenvalue weighted by atomic mass is 16.2. The second-order valence-electron chi connectivity index (χ2n) is 6.81. The lowest BCUT2D eigenvalue weighted by molar-refractivity contribution is -0.134. The van der Waals surface area contributed by atoms with Crippen LogP contribution in [0.5, 0.6) is 0 Å². The van der Waals surface area contributed by atoms with Gasteiger partial charge in [-0.2, -0.15) is 0 Å². The van der Waals surface area contributed by atoms with Crippen molar-refractivity contribution >= 4 is 5.91 Å². The van der Waals surface area contributed by atoms with Gasteiger partial charge in [-0.1, -0.05) is 19.3 Å². The number of carbonyl (C=O) groups excluding carboxylic acids is 1. The number of piperazine rings is 1. The predicted molar refractivity (Wildman–Crippen MR) is 80.6 cm³/mol. The summed E-state index contributed by atoms with van der Waals surface area (Å²) in [7, 11) is 0. The van der Waals surface area contributed by atoms with E-state index in [1.165, 1.54) is 44.9 Å². The Hall–Kier alpha value is -0.610. The first kappa shape index (κ1) is 14.3. The van der Waals surface area contributed by atoms with Crippen molar-refractivity contribution in [2.24, 2.45) is 5.92 Å². The average molecular weight is 279 g/mol. The second kappa shape index (κ2) is 6.90. The maximum absolute atomic E-state index is 12.6. The minimum Gasteiger partial charge on any atom is -0.338 e. The zero-order valence-corrected chi connectivity index (χ0v) is 12.6. The van der Waals surface area contributed by atoms with E-state index in [2.05, 4.69) is 15.1 Å². The van der Waals surface area contributed by atoms with E-state index in [0.717, 1.165) is 38.6 Å². The van der Waals surface area contributed by atoms with Gasteiger partial charge >= 0.3 is 0 Å². The highest BCUT2D eigenvalue weighted by molar-refractivity contribution is 5.79. The summed E-state index contributed by atoms with van der Waals surface area (Å²) in [4.78, 5) is 17.2. The molecule has 0 spiro atoms. The molecule has 0 atom stereocenters. The monoisotopic (exact) mass is 279 g/mol. The third kappa shape index (κ3) is 3.95. The van der Waals surface area contributed by atoms with Crippen molar-refractivity contribution < 1.29 is 4.79 Å². The van der Waals surface area contributed by atoms with E-state index in [1.54, 1.807) is 0 Å². The molecule has 1 aliphatic heterocycles. The van der Waals surface area contributed by atoms with Gasteiger partial charge in [-0.15, -0.1) is 0 Å². The third-order valence-corrected chi connectivity index (χ3v) is 5.06. The largest absolute Gasteiger partial charge is 0.338 e. The number of hydrogen-bond acceptors (Lipinski definition) is 3. The van der Waals surface area contributed by atoms with Crippen LogP contribution < -0.4 is 5.32 Å². The van der Waals surface area contributed by atoms with Gasteiger partial charge in [-0.3, -0.25) is 9.69 Å². The topological polar surface area (TPSA) is 35.6 Å². The molecule has 0 aromatic carbocycles. The molecule has 2 aliphatic carbocycles. The Balaban J connectivity index is 1.51. The molecule has 3 rings (SSSR count). The molecule has 0 unspecified atom stereocenters. The molecule has 20 heavy (non-hydrogen) atoms. The summed E-state index contributed by atoms with van der Waals surface area (Å²) in [5, 5.41) is 3.35. The first-order valence-corrected chi connectivity index (χ1v) is 8.55. The van der Waals surface area contributed by atoms with Crippen molar-refractivity contribution in [2.75, 3.05) is 39.3 Å². The van der Waals surface area contributed by atoms with Crippen LogP contribution in [0, 0.1) is 5.92 Å². The molecular formula is C16H29N3O. The van der Waals surface area contributed by atoms with E-state index in [4.69, 9.17) is 0 Å². The van der Waals surface area contributed by atoms with Crippen molar-refractivity contribution in [3.8, 4) is 0 Å². The van der Waals surface area contributed by atoms with Crippen molar-refractivity contribution in [3.05, 3.63) is 0 Å². The second-order valence-corrected chi connectivity index (χ2v) is 6.81. The van der Waals surface area contributed by atoms with Crippen LogP contribution in [0.4, 0.5) is 0 Å². The Morgan fingerprint density at radius 1 is 1.05 bits per heavy atom. The van der Waals surface area contributed by atoms with E-state index in [-0.39, 0.29) is 0 Å². The SMILES string of the molecule is O=C(CN1CCNCC1)N(CC1CCCCC1)C1CC1. The zero-order valence-electron chi connectivity index (χ0n) is 12.6. The zero-order chi connectivity index (χ0) is 13.8. The van der Waals surface area contributed by atoms with Gasteiger partial charge in [0.1, 0.15) is 0 Å². The van der Waals surface area contributed by atoms with Crippen LogP contribution in [-0.4, -0.2) is 61.0 Å². The molecule has 1 amide bonds. The van der Waals surface area contributed by atoms with Gasteiger partial charge in [-0.25, -0.2) is 0 Å². The van der Waals surface area contributed by atoms with Gasteiger partial charge in [0.15, 0.2) is 0 Å². The van der Waals surface area contributed by atoms with Crippen LogP contribution in [-0.2, 0) is 4.79 Å². The molecule has 1 N–H and O–H groups in total. The molecule has 114 valence electrons. The summed E-state index contributed by atoms with van der Waals surface area (Å²) >= 11 is 0. The van der Waals surface area contributed by atoms with Gasteiger partial charge in [0.2, 0.25) is 5.91 Å². The van der Waals surface area contributed by atoms with Gasteiger partial charge < -0.3 is 10.2 Å². The molecule has 3 aliphatic rings. The summed E-state index contributed by atoms with van der Waals surface area (Å²) in [6, 6.07) is 0.576. The lowest BCUT2D eigenvalue weighted by Gasteiger charge is -2.33. The molecule has 2 saturated carbocycles. The number of nitrogens with zero attached hydrogens (tertiary/aromatic N) is 2. The fraction of sp³-hybridized carbons (Fsp3) is 0.938. The Morgan fingerprint density at radius 3 is 2.40 bits per heavy atom. The molecule has 0 aromatic heterocycles. The van der Waals surface area contributed by atoms with E-state index in [0.29, 0.717) is 18.5 Å². The minimum absolute atomic E-state index is 0.389. The normalized spacial score (nSPS) is 25.6. The van der Waals surface area contributed by atoms with E-state index < -0.39 is 0 Å². The molecule has 0 bridgehead atoms. The Labute approximate surface area is 122 Å². The standard InChI is InChI=1S/C16H29N3O/c20-16(13-18-10-8-17-9-11-18)19(15-6-7-15)12-14-4-2-1-3-5-14/h14-15,17H,1-13H2. The average Bonchev–Trinajstić information content (AvgIpc) is 3.31. The molecule has 3 fully saturated rings. The van der Waals surface area contributed by atoms with Crippen LogP contribution >= 0.6 is 0 Å². The number of carbonyl (C=O) groups is 1. The Bertz CT molecular complexity index is 318. The molecule has 0 radical (unpaired) electrons. The van der Waals surface area contributed by atoms with E-state index >= 15 is 0 Å². The minimum atomic E-state index is 0.389. The highest BCUT2D eigenvalue weighted by Crippen LogP contribution is 2.31. The molecular weight excluding hydrogens is 250 g/mol. The third-order valence-electron chi connectivity index (χ3n) is 5.06. The quantitative estimate of drug-likeness (QED) is 0.827. The Kier molecular flexibility index (Phi) is 4.94. The number of nitrogens with one attached hydrogen (secondary N) is 1. The van der Waals surface area contributed by atoms with Crippen LogP contribution in [0.25, 0.3) is 0 Å². The fourth-order valence-electron chi connectivity index (χ4n) is 3.64. The lowest BCUT2D eigenvalue weighted by atomic mass is 9.89. The first-order valence-electron chi connectivity index (χ1n) is 8.55. The van der Waals surface area contributed by atoms with Crippen LogP contribution in [0.2, 0.25) is 0 Å². The summed E-state index contributed by atoms with van der Waals surface area (Å²) in [5.41, 5.74) is 0. The number of rotatable bonds is 5. The molecule has 4 heteroatoms. The fourth-order valence-corrected chi connectivity index (χ4v) is 3.64. The van der Waals surface area contributed by atoms with E-state index in [9.17, 15) is 4.79 Å². The molecule has 0 aromatic rings. The smallest absolute Gasteiger partial charge is 0.237 e. The van der Waals surface area contributed by atoms with Gasteiger partial charge in [-0.05, 0) is 31.6 Å². The molecule has 1 saturated heterocycles. The van der Waals surface area contributed by atoms with Gasteiger partial charge in [0.05, 0.1) is 6.54 Å². The van der Waals surface area contributed by atoms with E-state index in [1.807, 2.05) is 0 Å². The summed E-state index contributed by atoms with van der Waals surface area (Å²) in [5.74, 6) is 1.16. The summed E-state index contributed by atoms with van der Waals surface area (Å²) in [6.45, 7) is 5.78. The highest BCUT2D eigenvalue weighted by Gasteiger charge is 2.34.